The molecule has 4 nitrogen and oxygen atoms in total. The third kappa shape index (κ3) is 2.09. The number of aromatic nitrogens is 2. The van der Waals surface area contributed by atoms with Gasteiger partial charge >= 0.3 is 0 Å². The number of carbonyl (C=O) groups excluding carboxylic acids is 2. The smallest absolute Gasteiger partial charge is 0.177 e. The molecule has 1 aliphatic carbocycles. The lowest BCUT2D eigenvalue weighted by Gasteiger charge is -2.06. The molecule has 1 heterocycles. The molecular formula is C16H15FN2O2. The number of benzene rings is 1. The maximum Gasteiger partial charge on any atom is 0.177 e. The molecule has 1 unspecified atom stereocenters. The molecule has 0 saturated carbocycles. The molecule has 0 N–H and O–H groups in total. The number of aryl methyl sites for hydroxylation is 2. The van der Waals surface area contributed by atoms with Crippen molar-refractivity contribution in [3.8, 4) is 0 Å². The lowest BCUT2D eigenvalue weighted by atomic mass is 9.94. The van der Waals surface area contributed by atoms with Crippen LogP contribution in [-0.4, -0.2) is 21.3 Å². The monoisotopic (exact) mass is 286 g/mol. The number of halogens is 1. The first-order valence-electron chi connectivity index (χ1n) is 6.91. The highest BCUT2D eigenvalue weighted by molar-refractivity contribution is 6.19. The van der Waals surface area contributed by atoms with E-state index in [2.05, 4.69) is 5.10 Å². The summed E-state index contributed by atoms with van der Waals surface area (Å²) in [6.45, 7) is 1.91. The van der Waals surface area contributed by atoms with Gasteiger partial charge in [-0.3, -0.25) is 14.3 Å². The average molecular weight is 286 g/mol. The largest absolute Gasteiger partial charge is 0.293 e. The standard InChI is InChI=1S/C16H15FN2O2/c1-3-14-12(8-19(2)18-14)16(21)11-7-10-9(15(11)20)5-4-6-13(10)17/h4-6,8,11H,3,7H2,1-2H3. The molecule has 21 heavy (non-hydrogen) atoms. The van der Waals surface area contributed by atoms with Gasteiger partial charge in [-0.1, -0.05) is 19.1 Å². The molecule has 0 spiro atoms. The Morgan fingerprint density at radius 3 is 2.90 bits per heavy atom. The molecule has 1 aliphatic rings. The van der Waals surface area contributed by atoms with Crippen molar-refractivity contribution in [3.63, 3.8) is 0 Å². The summed E-state index contributed by atoms with van der Waals surface area (Å²) in [6, 6.07) is 4.40. The summed E-state index contributed by atoms with van der Waals surface area (Å²) in [6.07, 6.45) is 2.38. The molecule has 0 saturated heterocycles. The van der Waals surface area contributed by atoms with E-state index in [0.717, 1.165) is 0 Å². The highest BCUT2D eigenvalue weighted by Crippen LogP contribution is 2.31. The summed E-state index contributed by atoms with van der Waals surface area (Å²) >= 11 is 0. The van der Waals surface area contributed by atoms with Crippen molar-refractivity contribution in [2.75, 3.05) is 0 Å². The van der Waals surface area contributed by atoms with Gasteiger partial charge in [-0.2, -0.15) is 5.10 Å². The second-order valence-electron chi connectivity index (χ2n) is 5.27. The van der Waals surface area contributed by atoms with Gasteiger partial charge in [0.15, 0.2) is 11.6 Å². The summed E-state index contributed by atoms with van der Waals surface area (Å²) in [5.41, 5.74) is 1.82. The number of ketones is 2. The minimum atomic E-state index is -0.827. The maximum absolute atomic E-state index is 13.8. The van der Waals surface area contributed by atoms with Gasteiger partial charge in [0, 0.05) is 18.8 Å². The first-order valence-corrected chi connectivity index (χ1v) is 6.91. The van der Waals surface area contributed by atoms with E-state index in [1.807, 2.05) is 6.92 Å². The molecule has 2 aromatic rings. The Bertz CT molecular complexity index is 749. The summed E-state index contributed by atoms with van der Waals surface area (Å²) in [5, 5.41) is 4.22. The molecule has 0 amide bonds. The van der Waals surface area contributed by atoms with Crippen LogP contribution < -0.4 is 0 Å². The van der Waals surface area contributed by atoms with E-state index in [-0.39, 0.29) is 18.0 Å². The third-order valence-corrected chi connectivity index (χ3v) is 3.93. The van der Waals surface area contributed by atoms with Gasteiger partial charge in [0.05, 0.1) is 17.2 Å². The molecule has 0 fully saturated rings. The van der Waals surface area contributed by atoms with Crippen LogP contribution in [0.5, 0.6) is 0 Å². The van der Waals surface area contributed by atoms with E-state index >= 15 is 0 Å². The Kier molecular flexibility index (Phi) is 3.20. The zero-order valence-corrected chi connectivity index (χ0v) is 11.9. The molecule has 108 valence electrons. The molecule has 5 heteroatoms. The molecule has 3 rings (SSSR count). The van der Waals surface area contributed by atoms with E-state index in [0.29, 0.717) is 28.8 Å². The predicted octanol–water partition coefficient (Wildman–Crippen LogP) is 2.36. The van der Waals surface area contributed by atoms with Crippen molar-refractivity contribution in [2.24, 2.45) is 13.0 Å². The normalized spacial score (nSPS) is 17.1. The number of fused-ring (bicyclic) bond motifs is 1. The SMILES string of the molecule is CCc1nn(C)cc1C(=O)C1Cc2c(F)cccc2C1=O. The highest BCUT2D eigenvalue weighted by Gasteiger charge is 2.38. The first kappa shape index (κ1) is 13.7. The van der Waals surface area contributed by atoms with Gasteiger partial charge in [0.25, 0.3) is 0 Å². The van der Waals surface area contributed by atoms with E-state index in [1.165, 1.54) is 12.1 Å². The fourth-order valence-corrected chi connectivity index (χ4v) is 2.88. The Morgan fingerprint density at radius 2 is 2.24 bits per heavy atom. The molecule has 1 aromatic carbocycles. The topological polar surface area (TPSA) is 52.0 Å². The van der Waals surface area contributed by atoms with Crippen LogP contribution in [0.15, 0.2) is 24.4 Å². The molecule has 0 bridgehead atoms. The number of nitrogens with zero attached hydrogens (tertiary/aromatic N) is 2. The van der Waals surface area contributed by atoms with Crippen molar-refractivity contribution in [1.29, 1.82) is 0 Å². The second kappa shape index (κ2) is 4.91. The lowest BCUT2D eigenvalue weighted by Crippen LogP contribution is -2.21. The number of Topliss-reactive ketones (excluding diaryl/α,β-unsaturated/α-hetero) is 2. The van der Waals surface area contributed by atoms with Gasteiger partial charge in [-0.25, -0.2) is 4.39 Å². The lowest BCUT2D eigenvalue weighted by molar-refractivity contribution is 0.0821. The number of hydrogen-bond donors (Lipinski definition) is 0. The zero-order chi connectivity index (χ0) is 15.1. The van der Waals surface area contributed by atoms with E-state index in [4.69, 9.17) is 0 Å². The Morgan fingerprint density at radius 1 is 1.48 bits per heavy atom. The summed E-state index contributed by atoms with van der Waals surface area (Å²) in [5.74, 6) is -1.80. The van der Waals surface area contributed by atoms with Crippen molar-refractivity contribution >= 4 is 11.6 Å². The molecule has 0 radical (unpaired) electrons. The minimum absolute atomic E-state index is 0.137. The Balaban J connectivity index is 1.98. The average Bonchev–Trinajstić information content (AvgIpc) is 3.00. The van der Waals surface area contributed by atoms with E-state index < -0.39 is 11.7 Å². The van der Waals surface area contributed by atoms with Gasteiger partial charge < -0.3 is 0 Å². The quantitative estimate of drug-likeness (QED) is 0.643. The van der Waals surface area contributed by atoms with Crippen LogP contribution in [0, 0.1) is 11.7 Å². The van der Waals surface area contributed by atoms with Crippen molar-refractivity contribution in [3.05, 3.63) is 52.6 Å². The number of carbonyl (C=O) groups is 2. The number of hydrogen-bond acceptors (Lipinski definition) is 3. The molecular weight excluding hydrogens is 271 g/mol. The second-order valence-corrected chi connectivity index (χ2v) is 5.27. The van der Waals surface area contributed by atoms with E-state index in [1.54, 1.807) is 24.0 Å². The maximum atomic E-state index is 13.8. The zero-order valence-electron chi connectivity index (χ0n) is 11.9. The fourth-order valence-electron chi connectivity index (χ4n) is 2.88. The minimum Gasteiger partial charge on any atom is -0.293 e. The van der Waals surface area contributed by atoms with Gasteiger partial charge in [-0.05, 0) is 24.5 Å². The first-order chi connectivity index (χ1) is 10.0. The van der Waals surface area contributed by atoms with E-state index in [9.17, 15) is 14.0 Å². The Labute approximate surface area is 121 Å². The van der Waals surface area contributed by atoms with Crippen LogP contribution in [0.25, 0.3) is 0 Å². The summed E-state index contributed by atoms with van der Waals surface area (Å²) in [7, 11) is 1.74. The third-order valence-electron chi connectivity index (χ3n) is 3.93. The summed E-state index contributed by atoms with van der Waals surface area (Å²) < 4.78 is 15.3. The predicted molar refractivity (Wildman–Crippen MR) is 74.8 cm³/mol. The van der Waals surface area contributed by atoms with Gasteiger partial charge in [-0.15, -0.1) is 0 Å². The van der Waals surface area contributed by atoms with Crippen LogP contribution in [0.2, 0.25) is 0 Å². The number of rotatable bonds is 3. The van der Waals surface area contributed by atoms with Gasteiger partial charge in [0.1, 0.15) is 5.82 Å². The van der Waals surface area contributed by atoms with Crippen molar-refractivity contribution in [2.45, 2.75) is 19.8 Å². The molecule has 1 aromatic heterocycles. The Hall–Kier alpha value is -2.30. The van der Waals surface area contributed by atoms with Gasteiger partial charge in [0.2, 0.25) is 0 Å². The summed E-state index contributed by atoms with van der Waals surface area (Å²) in [4.78, 5) is 25.0. The van der Waals surface area contributed by atoms with Crippen LogP contribution in [0.1, 0.15) is 38.9 Å². The fraction of sp³-hybridized carbons (Fsp3) is 0.312. The van der Waals surface area contributed by atoms with Crippen molar-refractivity contribution in [1.82, 2.24) is 9.78 Å². The van der Waals surface area contributed by atoms with Crippen molar-refractivity contribution < 1.29 is 14.0 Å². The molecule has 0 aliphatic heterocycles. The van der Waals surface area contributed by atoms with Crippen LogP contribution in [-0.2, 0) is 19.9 Å². The van der Waals surface area contributed by atoms with Crippen LogP contribution in [0.4, 0.5) is 4.39 Å². The highest BCUT2D eigenvalue weighted by atomic mass is 19.1. The van der Waals surface area contributed by atoms with Crippen LogP contribution >= 0.6 is 0 Å². The van der Waals surface area contributed by atoms with Crippen LogP contribution in [0.3, 0.4) is 0 Å². The molecule has 1 atom stereocenters.